The fraction of sp³-hybridized carbons (Fsp3) is 0.143. The van der Waals surface area contributed by atoms with Gasteiger partial charge in [0.25, 0.3) is 0 Å². The monoisotopic (exact) mass is 361 g/mol. The maximum Gasteiger partial charge on any atom is 0.249 e. The number of aromatic nitrogens is 2. The Hall–Kier alpha value is -2.79. The molecule has 5 heteroatoms. The van der Waals surface area contributed by atoms with Crippen LogP contribution >= 0.6 is 11.8 Å². The van der Waals surface area contributed by atoms with Gasteiger partial charge in [0.2, 0.25) is 5.91 Å². The molecule has 1 aliphatic heterocycles. The summed E-state index contributed by atoms with van der Waals surface area (Å²) in [5, 5.41) is 7.75. The third-order valence-corrected chi connectivity index (χ3v) is 5.27. The lowest BCUT2D eigenvalue weighted by Crippen LogP contribution is -2.13. The van der Waals surface area contributed by atoms with Gasteiger partial charge in [-0.2, -0.15) is 16.9 Å². The largest absolute Gasteiger partial charge is 0.307 e. The van der Waals surface area contributed by atoms with E-state index in [1.165, 1.54) is 5.56 Å². The fourth-order valence-corrected chi connectivity index (χ4v) is 3.94. The highest BCUT2D eigenvalue weighted by atomic mass is 32.2. The van der Waals surface area contributed by atoms with E-state index >= 15 is 0 Å². The number of fused-ring (bicyclic) bond motifs is 1. The fourth-order valence-electron chi connectivity index (χ4n) is 2.91. The summed E-state index contributed by atoms with van der Waals surface area (Å²) in [7, 11) is 0. The molecule has 4 rings (SSSR count). The molecule has 0 radical (unpaired) electrons. The van der Waals surface area contributed by atoms with Crippen molar-refractivity contribution >= 4 is 29.6 Å². The summed E-state index contributed by atoms with van der Waals surface area (Å²) in [6.45, 7) is 2.06. The Morgan fingerprint density at radius 3 is 2.65 bits per heavy atom. The van der Waals surface area contributed by atoms with Gasteiger partial charge < -0.3 is 5.32 Å². The zero-order valence-electron chi connectivity index (χ0n) is 14.5. The summed E-state index contributed by atoms with van der Waals surface area (Å²) in [4.78, 5) is 12.5. The molecule has 3 aromatic rings. The molecule has 0 saturated heterocycles. The lowest BCUT2D eigenvalue weighted by atomic mass is 10.2. The standard InChI is InChI=1S/C21H19N3OS/c1-15-7-10-17(11-8-15)24-21(18-13-26-14-19(18)23-24)22-20(25)12-9-16-5-3-2-4-6-16/h2-12H,13-14H2,1H3,(H,22,25)/b12-9-. The predicted molar refractivity (Wildman–Crippen MR) is 107 cm³/mol. The highest BCUT2D eigenvalue weighted by molar-refractivity contribution is 7.98. The average Bonchev–Trinajstić information content (AvgIpc) is 3.24. The van der Waals surface area contributed by atoms with Crippen molar-refractivity contribution in [2.24, 2.45) is 0 Å². The van der Waals surface area contributed by atoms with Gasteiger partial charge in [-0.25, -0.2) is 4.68 Å². The van der Waals surface area contributed by atoms with E-state index in [1.807, 2.05) is 65.0 Å². The van der Waals surface area contributed by atoms with Gasteiger partial charge in [-0.1, -0.05) is 48.0 Å². The quantitative estimate of drug-likeness (QED) is 0.692. The van der Waals surface area contributed by atoms with E-state index < -0.39 is 0 Å². The van der Waals surface area contributed by atoms with Crippen LogP contribution in [0.4, 0.5) is 5.82 Å². The number of aryl methyl sites for hydroxylation is 1. The number of anilines is 1. The maximum atomic E-state index is 12.5. The maximum absolute atomic E-state index is 12.5. The molecule has 2 aromatic carbocycles. The van der Waals surface area contributed by atoms with E-state index in [2.05, 4.69) is 24.4 Å². The average molecular weight is 361 g/mol. The Balaban J connectivity index is 1.62. The van der Waals surface area contributed by atoms with Crippen molar-refractivity contribution in [3.63, 3.8) is 0 Å². The van der Waals surface area contributed by atoms with E-state index in [1.54, 1.807) is 6.08 Å². The number of amides is 1. The van der Waals surface area contributed by atoms with Crippen LogP contribution in [0.25, 0.3) is 11.8 Å². The van der Waals surface area contributed by atoms with Gasteiger partial charge in [-0.15, -0.1) is 0 Å². The lowest BCUT2D eigenvalue weighted by molar-refractivity contribution is -0.111. The van der Waals surface area contributed by atoms with E-state index in [0.717, 1.165) is 39.8 Å². The lowest BCUT2D eigenvalue weighted by Gasteiger charge is -2.10. The number of carbonyl (C=O) groups is 1. The first kappa shape index (κ1) is 16.7. The highest BCUT2D eigenvalue weighted by Gasteiger charge is 2.24. The van der Waals surface area contributed by atoms with Crippen LogP contribution in [0.3, 0.4) is 0 Å². The minimum atomic E-state index is -0.151. The Morgan fingerprint density at radius 1 is 1.12 bits per heavy atom. The summed E-state index contributed by atoms with van der Waals surface area (Å²) >= 11 is 1.82. The van der Waals surface area contributed by atoms with Gasteiger partial charge in [-0.05, 0) is 30.7 Å². The Bertz CT molecular complexity index is 959. The van der Waals surface area contributed by atoms with Crippen LogP contribution in [0.5, 0.6) is 0 Å². The summed E-state index contributed by atoms with van der Waals surface area (Å²) in [5.41, 5.74) is 5.32. The minimum Gasteiger partial charge on any atom is -0.307 e. The van der Waals surface area contributed by atoms with E-state index in [9.17, 15) is 4.79 Å². The van der Waals surface area contributed by atoms with Crippen molar-refractivity contribution < 1.29 is 4.79 Å². The zero-order valence-corrected chi connectivity index (χ0v) is 15.3. The number of hydrogen-bond donors (Lipinski definition) is 1. The van der Waals surface area contributed by atoms with Crippen LogP contribution in [0.1, 0.15) is 22.4 Å². The molecule has 0 saturated carbocycles. The second-order valence-corrected chi connectivity index (χ2v) is 7.23. The summed E-state index contributed by atoms with van der Waals surface area (Å²) in [6, 6.07) is 18.0. The van der Waals surface area contributed by atoms with Crippen molar-refractivity contribution in [3.8, 4) is 5.69 Å². The number of rotatable bonds is 4. The number of benzene rings is 2. The summed E-state index contributed by atoms with van der Waals surface area (Å²) in [6.07, 6.45) is 3.38. The second kappa shape index (κ2) is 7.22. The van der Waals surface area contributed by atoms with Crippen LogP contribution in [0, 0.1) is 6.92 Å². The molecule has 0 aliphatic carbocycles. The van der Waals surface area contributed by atoms with Crippen LogP contribution in [0.2, 0.25) is 0 Å². The number of nitrogens with one attached hydrogen (secondary N) is 1. The molecule has 0 spiro atoms. The molecule has 1 amide bonds. The number of nitrogens with zero attached hydrogens (tertiary/aromatic N) is 2. The molecule has 0 fully saturated rings. The Morgan fingerprint density at radius 2 is 1.88 bits per heavy atom. The van der Waals surface area contributed by atoms with Gasteiger partial charge in [0, 0.05) is 23.1 Å². The number of thioether (sulfide) groups is 1. The van der Waals surface area contributed by atoms with Gasteiger partial charge in [-0.3, -0.25) is 4.79 Å². The van der Waals surface area contributed by atoms with Crippen LogP contribution < -0.4 is 5.32 Å². The zero-order chi connectivity index (χ0) is 17.9. The summed E-state index contributed by atoms with van der Waals surface area (Å²) in [5.74, 6) is 2.38. The topological polar surface area (TPSA) is 46.9 Å². The molecule has 2 heterocycles. The Labute approximate surface area is 156 Å². The SMILES string of the molecule is Cc1ccc(-n2nc3c(c2NC(=O)/C=C\c2ccccc2)CSC3)cc1. The van der Waals surface area contributed by atoms with Crippen molar-refractivity contribution in [1.29, 1.82) is 0 Å². The van der Waals surface area contributed by atoms with Gasteiger partial charge in [0.05, 0.1) is 11.4 Å². The molecule has 0 bridgehead atoms. The Kier molecular flexibility index (Phi) is 4.63. The van der Waals surface area contributed by atoms with E-state index in [4.69, 9.17) is 5.10 Å². The molecule has 26 heavy (non-hydrogen) atoms. The molecule has 0 unspecified atom stereocenters. The molecule has 0 atom stereocenters. The smallest absolute Gasteiger partial charge is 0.249 e. The van der Waals surface area contributed by atoms with Crippen LogP contribution in [0.15, 0.2) is 60.7 Å². The van der Waals surface area contributed by atoms with E-state index in [0.29, 0.717) is 0 Å². The molecular formula is C21H19N3OS. The van der Waals surface area contributed by atoms with Gasteiger partial charge >= 0.3 is 0 Å². The normalized spacial score (nSPS) is 13.1. The third-order valence-electron chi connectivity index (χ3n) is 4.30. The molecule has 1 aliphatic rings. The second-order valence-electron chi connectivity index (χ2n) is 6.25. The molecule has 130 valence electrons. The number of carbonyl (C=O) groups excluding carboxylic acids is 1. The minimum absolute atomic E-state index is 0.151. The molecular weight excluding hydrogens is 342 g/mol. The van der Waals surface area contributed by atoms with Crippen molar-refractivity contribution in [2.75, 3.05) is 5.32 Å². The third kappa shape index (κ3) is 3.44. The first-order valence-electron chi connectivity index (χ1n) is 8.50. The van der Waals surface area contributed by atoms with Crippen molar-refractivity contribution in [1.82, 2.24) is 9.78 Å². The van der Waals surface area contributed by atoms with Gasteiger partial charge in [0.1, 0.15) is 5.82 Å². The molecule has 4 nitrogen and oxygen atoms in total. The van der Waals surface area contributed by atoms with Gasteiger partial charge in [0.15, 0.2) is 0 Å². The predicted octanol–water partition coefficient (Wildman–Crippen LogP) is 4.58. The van der Waals surface area contributed by atoms with Crippen molar-refractivity contribution in [3.05, 3.63) is 83.1 Å². The highest BCUT2D eigenvalue weighted by Crippen LogP contribution is 2.36. The van der Waals surface area contributed by atoms with Crippen molar-refractivity contribution in [2.45, 2.75) is 18.4 Å². The first-order valence-corrected chi connectivity index (χ1v) is 9.66. The van der Waals surface area contributed by atoms with E-state index in [-0.39, 0.29) is 5.91 Å². The first-order chi connectivity index (χ1) is 12.7. The molecule has 1 aromatic heterocycles. The number of hydrogen-bond acceptors (Lipinski definition) is 3. The molecule has 1 N–H and O–H groups in total. The van der Waals surface area contributed by atoms with Crippen LogP contribution in [-0.2, 0) is 16.3 Å². The summed E-state index contributed by atoms with van der Waals surface area (Å²) < 4.78 is 1.85. The van der Waals surface area contributed by atoms with Crippen LogP contribution in [-0.4, -0.2) is 15.7 Å².